The maximum absolute atomic E-state index is 12.7. The van der Waals surface area contributed by atoms with E-state index in [1.165, 1.54) is 23.4 Å². The van der Waals surface area contributed by atoms with E-state index in [2.05, 4.69) is 5.10 Å². The number of hydrogen-bond acceptors (Lipinski definition) is 5. The van der Waals surface area contributed by atoms with Gasteiger partial charge in [0.2, 0.25) is 0 Å². The second-order valence-electron chi connectivity index (χ2n) is 6.03. The van der Waals surface area contributed by atoms with Crippen LogP contribution in [0.1, 0.15) is 39.2 Å². The molecule has 1 unspecified atom stereocenters. The summed E-state index contributed by atoms with van der Waals surface area (Å²) in [5.41, 5.74) is -0.349. The number of amides is 1. The average molecular weight is 331 g/mol. The molecule has 1 saturated heterocycles. The van der Waals surface area contributed by atoms with E-state index < -0.39 is 10.3 Å². The highest BCUT2D eigenvalue weighted by molar-refractivity contribution is 6.09. The third kappa shape index (κ3) is 3.06. The van der Waals surface area contributed by atoms with Crippen LogP contribution in [-0.4, -0.2) is 34.4 Å². The van der Waals surface area contributed by atoms with Gasteiger partial charge in [0, 0.05) is 18.1 Å². The smallest absolute Gasteiger partial charge is 0.269 e. The van der Waals surface area contributed by atoms with Crippen molar-refractivity contribution in [2.45, 2.75) is 33.6 Å². The van der Waals surface area contributed by atoms with Crippen molar-refractivity contribution in [1.82, 2.24) is 5.01 Å². The molecule has 2 rings (SSSR count). The van der Waals surface area contributed by atoms with Crippen LogP contribution in [0.25, 0.3) is 0 Å². The quantitative estimate of drug-likeness (QED) is 0.359. The Labute approximate surface area is 140 Å². The number of piperidine rings is 1. The fourth-order valence-corrected chi connectivity index (χ4v) is 3.07. The number of carbonyl (C=O) groups excluding carboxylic acids is 2. The standard InChI is InChI=1S/C17H21N3O4/c1-4-17(5-2)15(21)12(3)11-19(16(17)22)18-10-13-6-8-14(9-7-13)20(23)24/h6-10,12H,4-5,11H2,1-3H3/b18-10-. The lowest BCUT2D eigenvalue weighted by molar-refractivity contribution is -0.384. The zero-order valence-corrected chi connectivity index (χ0v) is 14.1. The van der Waals surface area contributed by atoms with Crippen LogP contribution in [0.2, 0.25) is 0 Å². The molecule has 1 amide bonds. The molecular formula is C17H21N3O4. The summed E-state index contributed by atoms with van der Waals surface area (Å²) in [6.07, 6.45) is 2.39. The van der Waals surface area contributed by atoms with E-state index in [1.807, 2.05) is 20.8 Å². The van der Waals surface area contributed by atoms with Gasteiger partial charge in [-0.05, 0) is 30.5 Å². The van der Waals surface area contributed by atoms with Gasteiger partial charge in [-0.15, -0.1) is 0 Å². The first-order chi connectivity index (χ1) is 11.4. The number of nitro groups is 1. The SMILES string of the molecule is CCC1(CC)C(=O)C(C)CN(/N=C\c2ccc([N+](=O)[O-])cc2)C1=O. The van der Waals surface area contributed by atoms with Gasteiger partial charge < -0.3 is 0 Å². The Hall–Kier alpha value is -2.57. The van der Waals surface area contributed by atoms with Crippen LogP contribution in [0, 0.1) is 21.4 Å². The number of Topliss-reactive ketones (excluding diaryl/α,β-unsaturated/α-hetero) is 1. The molecule has 0 bridgehead atoms. The lowest BCUT2D eigenvalue weighted by Crippen LogP contribution is -2.55. The van der Waals surface area contributed by atoms with Gasteiger partial charge >= 0.3 is 0 Å². The van der Waals surface area contributed by atoms with Gasteiger partial charge in [0.15, 0.2) is 5.78 Å². The molecular weight excluding hydrogens is 310 g/mol. The van der Waals surface area contributed by atoms with Gasteiger partial charge in [-0.1, -0.05) is 20.8 Å². The predicted octanol–water partition coefficient (Wildman–Crippen LogP) is 2.78. The zero-order valence-electron chi connectivity index (χ0n) is 14.1. The maximum atomic E-state index is 12.7. The topological polar surface area (TPSA) is 92.9 Å². The van der Waals surface area contributed by atoms with Crippen LogP contribution in [0.4, 0.5) is 5.69 Å². The van der Waals surface area contributed by atoms with E-state index in [0.29, 0.717) is 18.4 Å². The monoisotopic (exact) mass is 331 g/mol. The van der Waals surface area contributed by atoms with Gasteiger partial charge in [0.1, 0.15) is 5.41 Å². The van der Waals surface area contributed by atoms with Gasteiger partial charge in [-0.25, -0.2) is 5.01 Å². The van der Waals surface area contributed by atoms with E-state index in [0.717, 1.165) is 0 Å². The van der Waals surface area contributed by atoms with Gasteiger partial charge in [-0.2, -0.15) is 5.10 Å². The molecule has 0 N–H and O–H groups in total. The molecule has 7 nitrogen and oxygen atoms in total. The number of ketones is 1. The van der Waals surface area contributed by atoms with Crippen LogP contribution in [0.5, 0.6) is 0 Å². The molecule has 0 saturated carbocycles. The molecule has 7 heteroatoms. The van der Waals surface area contributed by atoms with Gasteiger partial charge in [-0.3, -0.25) is 19.7 Å². The largest absolute Gasteiger partial charge is 0.298 e. The fraction of sp³-hybridized carbons (Fsp3) is 0.471. The minimum atomic E-state index is -0.996. The van der Waals surface area contributed by atoms with Crippen molar-refractivity contribution in [3.05, 3.63) is 39.9 Å². The van der Waals surface area contributed by atoms with Crippen LogP contribution in [0.3, 0.4) is 0 Å². The Bertz CT molecular complexity index is 678. The fourth-order valence-electron chi connectivity index (χ4n) is 3.07. The molecule has 1 aromatic rings. The summed E-state index contributed by atoms with van der Waals surface area (Å²) >= 11 is 0. The molecule has 1 atom stereocenters. The molecule has 1 aromatic carbocycles. The van der Waals surface area contributed by atoms with Crippen molar-refractivity contribution in [2.75, 3.05) is 6.54 Å². The summed E-state index contributed by atoms with van der Waals surface area (Å²) < 4.78 is 0. The summed E-state index contributed by atoms with van der Waals surface area (Å²) in [5.74, 6) is -0.551. The molecule has 24 heavy (non-hydrogen) atoms. The highest BCUT2D eigenvalue weighted by Crippen LogP contribution is 2.37. The second-order valence-corrected chi connectivity index (χ2v) is 6.03. The van der Waals surface area contributed by atoms with Crippen molar-refractivity contribution in [2.24, 2.45) is 16.4 Å². The first-order valence-corrected chi connectivity index (χ1v) is 8.00. The van der Waals surface area contributed by atoms with Gasteiger partial charge in [0.05, 0.1) is 17.7 Å². The molecule has 0 aromatic heterocycles. The summed E-state index contributed by atoms with van der Waals surface area (Å²) in [7, 11) is 0. The second kappa shape index (κ2) is 6.90. The molecule has 128 valence electrons. The third-order valence-electron chi connectivity index (χ3n) is 4.67. The van der Waals surface area contributed by atoms with Crippen LogP contribution in [-0.2, 0) is 9.59 Å². The van der Waals surface area contributed by atoms with Crippen LogP contribution in [0.15, 0.2) is 29.4 Å². The summed E-state index contributed by atoms with van der Waals surface area (Å²) in [6, 6.07) is 5.90. The average Bonchev–Trinajstić information content (AvgIpc) is 2.59. The molecule has 1 fully saturated rings. The Balaban J connectivity index is 2.23. The highest BCUT2D eigenvalue weighted by Gasteiger charge is 2.50. The maximum Gasteiger partial charge on any atom is 0.269 e. The lowest BCUT2D eigenvalue weighted by atomic mass is 9.71. The minimum absolute atomic E-state index is 0.00333. The first kappa shape index (κ1) is 17.8. The van der Waals surface area contributed by atoms with Crippen molar-refractivity contribution < 1.29 is 14.5 Å². The van der Waals surface area contributed by atoms with Crippen LogP contribution >= 0.6 is 0 Å². The Morgan fingerprint density at radius 2 is 1.88 bits per heavy atom. The molecule has 1 aliphatic heterocycles. The van der Waals surface area contributed by atoms with Crippen molar-refractivity contribution in [3.8, 4) is 0 Å². The van der Waals surface area contributed by atoms with Crippen LogP contribution < -0.4 is 0 Å². The zero-order chi connectivity index (χ0) is 17.9. The van der Waals surface area contributed by atoms with E-state index in [-0.39, 0.29) is 29.8 Å². The summed E-state index contributed by atoms with van der Waals surface area (Å²) in [5, 5.41) is 16.2. The highest BCUT2D eigenvalue weighted by atomic mass is 16.6. The Morgan fingerprint density at radius 1 is 1.29 bits per heavy atom. The summed E-state index contributed by atoms with van der Waals surface area (Å²) in [4.78, 5) is 35.4. The van der Waals surface area contributed by atoms with E-state index in [9.17, 15) is 19.7 Å². The number of hydrogen-bond donors (Lipinski definition) is 0. The number of nitrogens with zero attached hydrogens (tertiary/aromatic N) is 3. The molecule has 1 aliphatic rings. The van der Waals surface area contributed by atoms with E-state index in [1.54, 1.807) is 12.1 Å². The summed E-state index contributed by atoms with van der Waals surface area (Å²) in [6.45, 7) is 5.75. The van der Waals surface area contributed by atoms with Crippen molar-refractivity contribution >= 4 is 23.6 Å². The predicted molar refractivity (Wildman–Crippen MR) is 89.6 cm³/mol. The van der Waals surface area contributed by atoms with Crippen molar-refractivity contribution in [3.63, 3.8) is 0 Å². The molecule has 0 radical (unpaired) electrons. The minimum Gasteiger partial charge on any atom is -0.298 e. The third-order valence-corrected chi connectivity index (χ3v) is 4.67. The lowest BCUT2D eigenvalue weighted by Gasteiger charge is -2.40. The van der Waals surface area contributed by atoms with E-state index >= 15 is 0 Å². The Morgan fingerprint density at radius 3 is 2.38 bits per heavy atom. The molecule has 0 spiro atoms. The number of carbonyl (C=O) groups is 2. The number of benzene rings is 1. The number of hydrazone groups is 1. The normalized spacial score (nSPS) is 20.6. The molecule has 0 aliphatic carbocycles. The number of rotatable bonds is 5. The first-order valence-electron chi connectivity index (χ1n) is 8.00. The molecule has 1 heterocycles. The number of non-ortho nitro benzene ring substituents is 1. The Kier molecular flexibility index (Phi) is 5.11. The number of nitro benzene ring substituents is 1. The van der Waals surface area contributed by atoms with E-state index in [4.69, 9.17) is 0 Å². The van der Waals surface area contributed by atoms with Crippen molar-refractivity contribution in [1.29, 1.82) is 0 Å². The van der Waals surface area contributed by atoms with Gasteiger partial charge in [0.25, 0.3) is 11.6 Å².